The molecule has 0 bridgehead atoms. The Morgan fingerprint density at radius 3 is 2.58 bits per heavy atom. The molecular weight excluding hydrogens is 222 g/mol. The zero-order valence-corrected chi connectivity index (χ0v) is 8.12. The third-order valence-electron chi connectivity index (χ3n) is 1.07. The number of hydrogen-bond donors (Lipinski definition) is 1. The van der Waals surface area contributed by atoms with Crippen molar-refractivity contribution in [1.29, 1.82) is 0 Å². The van der Waals surface area contributed by atoms with Crippen molar-refractivity contribution >= 4 is 34.8 Å². The normalized spacial score (nSPS) is 10.0. The molecule has 0 aliphatic heterocycles. The third kappa shape index (κ3) is 2.14. The lowest BCUT2D eigenvalue weighted by molar-refractivity contribution is 0.317. The van der Waals surface area contributed by atoms with Crippen LogP contribution in [0.3, 0.4) is 0 Å². The molecule has 0 aliphatic carbocycles. The van der Waals surface area contributed by atoms with Gasteiger partial charge in [0.25, 0.3) is 0 Å². The van der Waals surface area contributed by atoms with E-state index in [0.29, 0.717) is 0 Å². The first-order valence-electron chi connectivity index (χ1n) is 2.99. The Hall–Kier alpha value is -0.220. The Morgan fingerprint density at radius 1 is 1.33 bits per heavy atom. The van der Waals surface area contributed by atoms with Crippen LogP contribution in [0.15, 0.2) is 6.07 Å². The maximum atomic E-state index is 5.69. The number of aromatic nitrogens is 1. The molecule has 1 aromatic heterocycles. The first-order valence-corrected chi connectivity index (χ1v) is 4.13. The molecule has 0 saturated heterocycles. The lowest BCUT2D eigenvalue weighted by Gasteiger charge is -2.04. The van der Waals surface area contributed by atoms with Crippen LogP contribution in [0.25, 0.3) is 0 Å². The van der Waals surface area contributed by atoms with Gasteiger partial charge >= 0.3 is 0 Å². The van der Waals surface area contributed by atoms with Crippen molar-refractivity contribution in [2.75, 3.05) is 6.73 Å². The molecule has 0 aromatic carbocycles. The monoisotopic (exact) mass is 226 g/mol. The molecule has 0 atom stereocenters. The van der Waals surface area contributed by atoms with Gasteiger partial charge in [-0.15, -0.1) is 0 Å². The molecule has 12 heavy (non-hydrogen) atoms. The highest BCUT2D eigenvalue weighted by Crippen LogP contribution is 2.29. The second kappa shape index (κ2) is 4.14. The largest absolute Gasteiger partial charge is 0.461 e. The molecule has 66 valence electrons. The maximum Gasteiger partial charge on any atom is 0.235 e. The Bertz CT molecular complexity index is 292. The predicted molar refractivity (Wildman–Crippen MR) is 48.9 cm³/mol. The van der Waals surface area contributed by atoms with Gasteiger partial charge in [-0.2, -0.15) is 4.98 Å². The molecule has 1 rings (SSSR count). The zero-order valence-electron chi connectivity index (χ0n) is 5.85. The summed E-state index contributed by atoms with van der Waals surface area (Å²) in [6, 6.07) is 1.45. The Kier molecular flexibility index (Phi) is 3.40. The van der Waals surface area contributed by atoms with Gasteiger partial charge in [-0.3, -0.25) is 5.73 Å². The molecule has 0 spiro atoms. The first kappa shape index (κ1) is 9.86. The first-order chi connectivity index (χ1) is 5.65. The van der Waals surface area contributed by atoms with Crippen molar-refractivity contribution in [3.8, 4) is 5.88 Å². The second-order valence-corrected chi connectivity index (χ2v) is 3.03. The van der Waals surface area contributed by atoms with Gasteiger partial charge in [0.2, 0.25) is 5.88 Å². The highest BCUT2D eigenvalue weighted by Gasteiger charge is 2.07. The van der Waals surface area contributed by atoms with E-state index in [9.17, 15) is 0 Å². The molecule has 0 saturated carbocycles. The fourth-order valence-electron chi connectivity index (χ4n) is 0.609. The Labute approximate surface area is 84.4 Å². The van der Waals surface area contributed by atoms with Crippen molar-refractivity contribution in [3.63, 3.8) is 0 Å². The van der Waals surface area contributed by atoms with Crippen LogP contribution in [0, 0.1) is 0 Å². The number of rotatable bonds is 2. The van der Waals surface area contributed by atoms with Gasteiger partial charge in [0.1, 0.15) is 11.8 Å². The summed E-state index contributed by atoms with van der Waals surface area (Å²) in [7, 11) is 0. The van der Waals surface area contributed by atoms with E-state index in [0.717, 1.165) is 0 Å². The fourth-order valence-corrected chi connectivity index (χ4v) is 1.15. The third-order valence-corrected chi connectivity index (χ3v) is 2.02. The van der Waals surface area contributed by atoms with Crippen molar-refractivity contribution in [2.24, 2.45) is 5.73 Å². The number of hydrogen-bond acceptors (Lipinski definition) is 3. The molecule has 1 aromatic rings. The molecule has 0 unspecified atom stereocenters. The zero-order chi connectivity index (χ0) is 9.14. The van der Waals surface area contributed by atoms with Crippen molar-refractivity contribution in [3.05, 3.63) is 21.3 Å². The summed E-state index contributed by atoms with van der Waals surface area (Å²) in [5.41, 5.74) is 5.12. The lowest BCUT2D eigenvalue weighted by atomic mass is 10.5. The summed E-state index contributed by atoms with van der Waals surface area (Å²) in [5.74, 6) is 0.188. The average molecular weight is 227 g/mol. The van der Waals surface area contributed by atoms with E-state index in [1.54, 1.807) is 0 Å². The van der Waals surface area contributed by atoms with Crippen LogP contribution in [0.1, 0.15) is 0 Å². The standard InChI is InChI=1S/C6H5Cl3N2O/c7-3-1-4(8)6(12-2-10)11-5(3)9/h1H,2,10H2. The molecule has 2 N–H and O–H groups in total. The summed E-state index contributed by atoms with van der Waals surface area (Å²) in [6.07, 6.45) is 0. The lowest BCUT2D eigenvalue weighted by Crippen LogP contribution is -2.08. The molecule has 3 nitrogen and oxygen atoms in total. The van der Waals surface area contributed by atoms with Crippen molar-refractivity contribution < 1.29 is 4.74 Å². The summed E-state index contributed by atoms with van der Waals surface area (Å²) < 4.78 is 4.86. The molecule has 6 heteroatoms. The van der Waals surface area contributed by atoms with E-state index in [1.165, 1.54) is 6.07 Å². The van der Waals surface area contributed by atoms with Crippen molar-refractivity contribution in [2.45, 2.75) is 0 Å². The molecule has 0 fully saturated rings. The summed E-state index contributed by atoms with van der Waals surface area (Å²) >= 11 is 16.9. The topological polar surface area (TPSA) is 48.1 Å². The van der Waals surface area contributed by atoms with E-state index >= 15 is 0 Å². The molecular formula is C6H5Cl3N2O. The van der Waals surface area contributed by atoms with Crippen LogP contribution in [-0.4, -0.2) is 11.7 Å². The van der Waals surface area contributed by atoms with Crippen LogP contribution in [0.5, 0.6) is 5.88 Å². The minimum atomic E-state index is -0.00924. The van der Waals surface area contributed by atoms with Crippen LogP contribution in [0.4, 0.5) is 0 Å². The molecule has 0 radical (unpaired) electrons. The van der Waals surface area contributed by atoms with Gasteiger partial charge in [0.15, 0.2) is 5.15 Å². The van der Waals surface area contributed by atoms with Gasteiger partial charge < -0.3 is 4.74 Å². The number of ether oxygens (including phenoxy) is 1. The predicted octanol–water partition coefficient (Wildman–Crippen LogP) is 2.34. The van der Waals surface area contributed by atoms with E-state index in [4.69, 9.17) is 45.3 Å². The quantitative estimate of drug-likeness (QED) is 0.623. The van der Waals surface area contributed by atoms with Gasteiger partial charge in [0.05, 0.1) is 5.02 Å². The summed E-state index contributed by atoms with van der Waals surface area (Å²) in [5, 5.41) is 0.713. The summed E-state index contributed by atoms with van der Waals surface area (Å²) in [4.78, 5) is 3.76. The number of halogens is 3. The summed E-state index contributed by atoms with van der Waals surface area (Å²) in [6.45, 7) is -0.00924. The highest BCUT2D eigenvalue weighted by molar-refractivity contribution is 6.42. The van der Waals surface area contributed by atoms with Crippen LogP contribution >= 0.6 is 34.8 Å². The molecule has 0 amide bonds. The van der Waals surface area contributed by atoms with Crippen LogP contribution < -0.4 is 10.5 Å². The number of nitrogens with zero attached hydrogens (tertiary/aromatic N) is 1. The van der Waals surface area contributed by atoms with Gasteiger partial charge in [-0.1, -0.05) is 34.8 Å². The van der Waals surface area contributed by atoms with Crippen molar-refractivity contribution in [1.82, 2.24) is 4.98 Å². The number of nitrogens with two attached hydrogens (primary N) is 1. The molecule has 0 aliphatic rings. The van der Waals surface area contributed by atoms with Crippen LogP contribution in [0.2, 0.25) is 15.2 Å². The Morgan fingerprint density at radius 2 is 2.00 bits per heavy atom. The van der Waals surface area contributed by atoms with Crippen LogP contribution in [-0.2, 0) is 0 Å². The highest BCUT2D eigenvalue weighted by atomic mass is 35.5. The van der Waals surface area contributed by atoms with Gasteiger partial charge in [0, 0.05) is 0 Å². The molecule has 1 heterocycles. The van der Waals surface area contributed by atoms with Gasteiger partial charge in [-0.25, -0.2) is 0 Å². The Balaban J connectivity index is 3.05. The van der Waals surface area contributed by atoms with Gasteiger partial charge in [-0.05, 0) is 6.07 Å². The number of pyridine rings is 1. The second-order valence-electron chi connectivity index (χ2n) is 1.86. The SMILES string of the molecule is NCOc1nc(Cl)c(Cl)cc1Cl. The van der Waals surface area contributed by atoms with E-state index in [-0.39, 0.29) is 27.8 Å². The minimum Gasteiger partial charge on any atom is -0.461 e. The van der Waals surface area contributed by atoms with E-state index in [1.807, 2.05) is 0 Å². The smallest absolute Gasteiger partial charge is 0.235 e. The van der Waals surface area contributed by atoms with E-state index < -0.39 is 0 Å². The fraction of sp³-hybridized carbons (Fsp3) is 0.167. The average Bonchev–Trinajstić information content (AvgIpc) is 2.01. The van der Waals surface area contributed by atoms with E-state index in [2.05, 4.69) is 4.98 Å². The minimum absolute atomic E-state index is 0.00924. The maximum absolute atomic E-state index is 5.69.